The van der Waals surface area contributed by atoms with Crippen molar-refractivity contribution >= 4 is 17.3 Å². The van der Waals surface area contributed by atoms with Crippen LogP contribution in [-0.4, -0.2) is 19.6 Å². The first-order valence-corrected chi connectivity index (χ1v) is 8.76. The van der Waals surface area contributed by atoms with Crippen molar-refractivity contribution in [2.75, 3.05) is 24.5 Å². The molecule has 0 radical (unpaired) electrons. The molecule has 21 heavy (non-hydrogen) atoms. The summed E-state index contributed by atoms with van der Waals surface area (Å²) in [4.78, 5) is 2.54. The van der Waals surface area contributed by atoms with Crippen LogP contribution in [0.15, 0.2) is 18.2 Å². The lowest BCUT2D eigenvalue weighted by molar-refractivity contribution is 0.301. The number of halogens is 1. The van der Waals surface area contributed by atoms with Crippen LogP contribution >= 0.6 is 11.6 Å². The second kappa shape index (κ2) is 7.51. The average Bonchev–Trinajstić information content (AvgIpc) is 2.94. The molecule has 0 saturated carbocycles. The van der Waals surface area contributed by atoms with Crippen LogP contribution in [0.1, 0.15) is 52.0 Å². The Morgan fingerprint density at radius 1 is 1.24 bits per heavy atom. The van der Waals surface area contributed by atoms with Crippen molar-refractivity contribution in [1.29, 1.82) is 0 Å². The molecule has 1 saturated heterocycles. The number of nitrogens with zero attached hydrogens (tertiary/aromatic N) is 1. The van der Waals surface area contributed by atoms with E-state index in [4.69, 9.17) is 11.6 Å². The van der Waals surface area contributed by atoms with Gasteiger partial charge in [-0.2, -0.15) is 0 Å². The van der Waals surface area contributed by atoms with E-state index >= 15 is 0 Å². The van der Waals surface area contributed by atoms with Crippen molar-refractivity contribution in [3.05, 3.63) is 28.8 Å². The third-order valence-corrected chi connectivity index (χ3v) is 5.46. The number of benzene rings is 1. The van der Waals surface area contributed by atoms with Crippen LogP contribution in [0.2, 0.25) is 5.02 Å². The zero-order valence-corrected chi connectivity index (χ0v) is 14.5. The van der Waals surface area contributed by atoms with Gasteiger partial charge in [0.05, 0.1) is 0 Å². The van der Waals surface area contributed by atoms with E-state index in [1.165, 1.54) is 37.1 Å². The van der Waals surface area contributed by atoms with Gasteiger partial charge >= 0.3 is 0 Å². The van der Waals surface area contributed by atoms with Gasteiger partial charge in [-0.15, -0.1) is 0 Å². The smallest absolute Gasteiger partial charge is 0.0471 e. The summed E-state index contributed by atoms with van der Waals surface area (Å²) in [5.74, 6) is 0. The maximum absolute atomic E-state index is 6.46. The standard InChI is InChI=1S/C18H29ClN2/c1-4-11-20-13-15-16(19)8-7-9-17(15)21-12-10-18(5-2,6-3)14-21/h7-9,20H,4-6,10-14H2,1-3H3. The maximum atomic E-state index is 6.46. The van der Waals surface area contributed by atoms with E-state index in [0.717, 1.165) is 31.1 Å². The summed E-state index contributed by atoms with van der Waals surface area (Å²) in [6, 6.07) is 6.33. The fourth-order valence-corrected chi connectivity index (χ4v) is 3.61. The summed E-state index contributed by atoms with van der Waals surface area (Å²) in [7, 11) is 0. The largest absolute Gasteiger partial charge is 0.371 e. The summed E-state index contributed by atoms with van der Waals surface area (Å²) in [6.07, 6.45) is 4.99. The second-order valence-electron chi connectivity index (χ2n) is 6.29. The lowest BCUT2D eigenvalue weighted by Crippen LogP contribution is -2.27. The molecule has 1 aliphatic heterocycles. The zero-order valence-electron chi connectivity index (χ0n) is 13.7. The molecule has 0 aliphatic carbocycles. The van der Waals surface area contributed by atoms with Crippen molar-refractivity contribution in [1.82, 2.24) is 5.32 Å². The fourth-order valence-electron chi connectivity index (χ4n) is 3.38. The van der Waals surface area contributed by atoms with Crippen molar-refractivity contribution in [2.24, 2.45) is 5.41 Å². The Morgan fingerprint density at radius 2 is 2.00 bits per heavy atom. The van der Waals surface area contributed by atoms with Crippen LogP contribution in [0.25, 0.3) is 0 Å². The lowest BCUT2D eigenvalue weighted by Gasteiger charge is -2.28. The van der Waals surface area contributed by atoms with Crippen molar-refractivity contribution in [2.45, 2.75) is 53.0 Å². The molecule has 0 bridgehead atoms. The molecule has 0 spiro atoms. The zero-order chi connectivity index (χ0) is 15.3. The minimum absolute atomic E-state index is 0.496. The van der Waals surface area contributed by atoms with Crippen LogP contribution < -0.4 is 10.2 Å². The van der Waals surface area contributed by atoms with Gasteiger partial charge in [-0.3, -0.25) is 0 Å². The Morgan fingerprint density at radius 3 is 2.62 bits per heavy atom. The third-order valence-electron chi connectivity index (χ3n) is 5.10. The normalized spacial score (nSPS) is 17.4. The molecule has 0 unspecified atom stereocenters. The monoisotopic (exact) mass is 308 g/mol. The lowest BCUT2D eigenvalue weighted by atomic mass is 9.82. The third kappa shape index (κ3) is 3.73. The minimum Gasteiger partial charge on any atom is -0.371 e. The summed E-state index contributed by atoms with van der Waals surface area (Å²) in [6.45, 7) is 11.1. The Bertz CT molecular complexity index is 455. The summed E-state index contributed by atoms with van der Waals surface area (Å²) in [5, 5.41) is 4.38. The number of hydrogen-bond acceptors (Lipinski definition) is 2. The van der Waals surface area contributed by atoms with Crippen LogP contribution in [0.5, 0.6) is 0 Å². The van der Waals surface area contributed by atoms with Gasteiger partial charge < -0.3 is 10.2 Å². The molecule has 0 atom stereocenters. The van der Waals surface area contributed by atoms with E-state index < -0.39 is 0 Å². The molecule has 1 aromatic carbocycles. The molecule has 1 aliphatic rings. The Hall–Kier alpha value is -0.730. The van der Waals surface area contributed by atoms with E-state index in [1.54, 1.807) is 0 Å². The van der Waals surface area contributed by atoms with E-state index in [1.807, 2.05) is 6.07 Å². The van der Waals surface area contributed by atoms with E-state index in [-0.39, 0.29) is 0 Å². The van der Waals surface area contributed by atoms with Crippen molar-refractivity contribution < 1.29 is 0 Å². The Kier molecular flexibility index (Phi) is 5.95. The van der Waals surface area contributed by atoms with Gasteiger partial charge in [0, 0.05) is 35.9 Å². The Labute approximate surface area is 134 Å². The number of hydrogen-bond donors (Lipinski definition) is 1. The summed E-state index contributed by atoms with van der Waals surface area (Å²) >= 11 is 6.46. The van der Waals surface area contributed by atoms with Crippen LogP contribution in [0.3, 0.4) is 0 Å². The summed E-state index contributed by atoms with van der Waals surface area (Å²) < 4.78 is 0. The predicted octanol–water partition coefficient (Wildman–Crippen LogP) is 4.86. The molecule has 2 rings (SSSR count). The van der Waals surface area contributed by atoms with Gasteiger partial charge in [0.15, 0.2) is 0 Å². The number of rotatable bonds is 7. The molecule has 118 valence electrons. The van der Waals surface area contributed by atoms with Gasteiger partial charge in [0.2, 0.25) is 0 Å². The molecular formula is C18H29ClN2. The quantitative estimate of drug-likeness (QED) is 0.724. The Balaban J connectivity index is 2.18. The highest BCUT2D eigenvalue weighted by molar-refractivity contribution is 6.31. The van der Waals surface area contributed by atoms with E-state index in [9.17, 15) is 0 Å². The highest BCUT2D eigenvalue weighted by Gasteiger charge is 2.35. The molecule has 1 aromatic rings. The van der Waals surface area contributed by atoms with Gasteiger partial charge in [-0.05, 0) is 49.8 Å². The molecule has 3 heteroatoms. The highest BCUT2D eigenvalue weighted by Crippen LogP contribution is 2.40. The predicted molar refractivity (Wildman–Crippen MR) is 93.3 cm³/mol. The highest BCUT2D eigenvalue weighted by atomic mass is 35.5. The van der Waals surface area contributed by atoms with Crippen LogP contribution in [-0.2, 0) is 6.54 Å². The SMILES string of the molecule is CCCNCc1c(Cl)cccc1N1CCC(CC)(CC)C1. The molecule has 0 amide bonds. The molecule has 0 aromatic heterocycles. The van der Waals surface area contributed by atoms with E-state index in [2.05, 4.69) is 43.1 Å². The summed E-state index contributed by atoms with van der Waals surface area (Å²) in [5.41, 5.74) is 3.08. The van der Waals surface area contributed by atoms with Gasteiger partial charge in [-0.1, -0.05) is 38.4 Å². The molecule has 1 heterocycles. The maximum Gasteiger partial charge on any atom is 0.0471 e. The fraction of sp³-hybridized carbons (Fsp3) is 0.667. The average molecular weight is 309 g/mol. The van der Waals surface area contributed by atoms with Crippen LogP contribution in [0, 0.1) is 5.41 Å². The van der Waals surface area contributed by atoms with Crippen molar-refractivity contribution in [3.63, 3.8) is 0 Å². The van der Waals surface area contributed by atoms with Crippen LogP contribution in [0.4, 0.5) is 5.69 Å². The first-order chi connectivity index (χ1) is 10.2. The topological polar surface area (TPSA) is 15.3 Å². The van der Waals surface area contributed by atoms with Gasteiger partial charge in [-0.25, -0.2) is 0 Å². The second-order valence-corrected chi connectivity index (χ2v) is 6.70. The van der Waals surface area contributed by atoms with E-state index in [0.29, 0.717) is 5.41 Å². The molecule has 2 nitrogen and oxygen atoms in total. The van der Waals surface area contributed by atoms with Gasteiger partial charge in [0.25, 0.3) is 0 Å². The molecular weight excluding hydrogens is 280 g/mol. The first kappa shape index (κ1) is 16.6. The minimum atomic E-state index is 0.496. The number of nitrogens with one attached hydrogen (secondary N) is 1. The van der Waals surface area contributed by atoms with Gasteiger partial charge in [0.1, 0.15) is 0 Å². The number of anilines is 1. The first-order valence-electron chi connectivity index (χ1n) is 8.39. The molecule has 1 fully saturated rings. The molecule has 1 N–H and O–H groups in total. The van der Waals surface area contributed by atoms with Crippen molar-refractivity contribution in [3.8, 4) is 0 Å².